The fourth-order valence-corrected chi connectivity index (χ4v) is 4.66. The molecule has 1 unspecified atom stereocenters. The summed E-state index contributed by atoms with van der Waals surface area (Å²) in [4.78, 5) is 37.9. The van der Waals surface area contributed by atoms with Gasteiger partial charge in [-0.15, -0.1) is 11.8 Å². The van der Waals surface area contributed by atoms with Gasteiger partial charge in [0.05, 0.1) is 16.4 Å². The third-order valence-electron chi connectivity index (χ3n) is 5.04. The Bertz CT molecular complexity index is 1150. The lowest BCUT2D eigenvalue weighted by atomic mass is 10.1. The predicted octanol–water partition coefficient (Wildman–Crippen LogP) is 3.08. The van der Waals surface area contributed by atoms with E-state index in [0.29, 0.717) is 11.4 Å². The molecule has 1 aromatic heterocycles. The van der Waals surface area contributed by atoms with Crippen LogP contribution in [0.3, 0.4) is 0 Å². The highest BCUT2D eigenvalue weighted by Gasteiger charge is 2.39. The van der Waals surface area contributed by atoms with Gasteiger partial charge in [-0.2, -0.15) is 0 Å². The zero-order chi connectivity index (χ0) is 20.7. The van der Waals surface area contributed by atoms with E-state index in [9.17, 15) is 19.7 Å². The van der Waals surface area contributed by atoms with Crippen molar-refractivity contribution < 1.29 is 9.72 Å². The van der Waals surface area contributed by atoms with Gasteiger partial charge in [-0.1, -0.05) is 30.3 Å². The van der Waals surface area contributed by atoms with Crippen LogP contribution >= 0.6 is 11.8 Å². The number of benzene rings is 2. The summed E-state index contributed by atoms with van der Waals surface area (Å²) in [5.74, 6) is 0.0623. The summed E-state index contributed by atoms with van der Waals surface area (Å²) < 4.78 is 3.21. The number of nitrogens with zero attached hydrogens (tertiary/aromatic N) is 4. The van der Waals surface area contributed by atoms with Crippen molar-refractivity contribution in [1.29, 1.82) is 0 Å². The maximum Gasteiger partial charge on any atom is 0.291 e. The average molecular weight is 410 g/mol. The minimum atomic E-state index is -0.463. The molecule has 4 rings (SSSR count). The molecule has 3 aromatic rings. The fraction of sp³-hybridized carbons (Fsp3) is 0.200. The molecule has 148 valence electrons. The molecule has 1 atom stereocenters. The van der Waals surface area contributed by atoms with E-state index in [1.165, 1.54) is 33.5 Å². The molecule has 0 bridgehead atoms. The maximum absolute atomic E-state index is 13.1. The number of thioether (sulfide) groups is 1. The van der Waals surface area contributed by atoms with Crippen molar-refractivity contribution in [2.45, 2.75) is 5.37 Å². The maximum atomic E-state index is 13.1. The number of carbonyl (C=O) groups excluding carboxylic acids is 1. The van der Waals surface area contributed by atoms with Crippen molar-refractivity contribution in [3.05, 3.63) is 80.6 Å². The van der Waals surface area contributed by atoms with Crippen LogP contribution in [0.15, 0.2) is 59.4 Å². The summed E-state index contributed by atoms with van der Waals surface area (Å²) in [7, 11) is 3.44. The van der Waals surface area contributed by atoms with Gasteiger partial charge >= 0.3 is 0 Å². The molecule has 0 spiro atoms. The van der Waals surface area contributed by atoms with Crippen LogP contribution in [-0.4, -0.2) is 25.9 Å². The van der Waals surface area contributed by atoms with Gasteiger partial charge in [-0.3, -0.25) is 34.0 Å². The SMILES string of the molecule is Cn1c(-c2ccccc2)c(N2C(=O)CSC2c2ccc([N+](=O)[O-])cc2)c(=O)n1C. The highest BCUT2D eigenvalue weighted by molar-refractivity contribution is 8.00. The standard InChI is InChI=1S/C20H18N4O4S/c1-21-17(13-6-4-3-5-7-13)18(19(26)22(21)2)23-16(25)12-29-20(23)14-8-10-15(11-9-14)24(27)28/h3-11,20H,12H2,1-2H3. The smallest absolute Gasteiger partial charge is 0.288 e. The van der Waals surface area contributed by atoms with Gasteiger partial charge in [-0.25, -0.2) is 0 Å². The number of carbonyl (C=O) groups is 1. The van der Waals surface area contributed by atoms with Gasteiger partial charge in [0.2, 0.25) is 5.91 Å². The summed E-state index contributed by atoms with van der Waals surface area (Å²) >= 11 is 1.40. The highest BCUT2D eigenvalue weighted by atomic mass is 32.2. The first-order chi connectivity index (χ1) is 13.9. The molecule has 8 nitrogen and oxygen atoms in total. The molecule has 1 aliphatic rings. The predicted molar refractivity (Wildman–Crippen MR) is 112 cm³/mol. The van der Waals surface area contributed by atoms with Crippen molar-refractivity contribution in [2.75, 3.05) is 10.7 Å². The van der Waals surface area contributed by atoms with Crippen LogP contribution in [0.2, 0.25) is 0 Å². The van der Waals surface area contributed by atoms with E-state index in [4.69, 9.17) is 0 Å². The number of anilines is 1. The second-order valence-electron chi connectivity index (χ2n) is 6.69. The van der Waals surface area contributed by atoms with E-state index in [1.54, 1.807) is 30.9 Å². The topological polar surface area (TPSA) is 90.4 Å². The van der Waals surface area contributed by atoms with Crippen LogP contribution in [-0.2, 0) is 18.9 Å². The molecule has 1 aliphatic heterocycles. The fourth-order valence-electron chi connectivity index (χ4n) is 3.50. The number of hydrogen-bond donors (Lipinski definition) is 0. The quantitative estimate of drug-likeness (QED) is 0.487. The molecule has 1 saturated heterocycles. The number of rotatable bonds is 4. The van der Waals surface area contributed by atoms with E-state index in [2.05, 4.69) is 0 Å². The van der Waals surface area contributed by atoms with Crippen LogP contribution in [0.25, 0.3) is 11.3 Å². The Balaban J connectivity index is 1.86. The van der Waals surface area contributed by atoms with Crippen molar-refractivity contribution in [3.8, 4) is 11.3 Å². The molecule has 0 radical (unpaired) electrons. The van der Waals surface area contributed by atoms with Gasteiger partial charge in [-0.05, 0) is 17.7 Å². The van der Waals surface area contributed by atoms with E-state index < -0.39 is 10.3 Å². The summed E-state index contributed by atoms with van der Waals surface area (Å²) in [6.07, 6.45) is 0. The number of non-ortho nitro benzene ring substituents is 1. The lowest BCUT2D eigenvalue weighted by Gasteiger charge is -2.23. The Morgan fingerprint density at radius 3 is 2.28 bits per heavy atom. The number of amides is 1. The van der Waals surface area contributed by atoms with Crippen molar-refractivity contribution in [3.63, 3.8) is 0 Å². The third-order valence-corrected chi connectivity index (χ3v) is 6.25. The number of nitro groups is 1. The Morgan fingerprint density at radius 2 is 1.66 bits per heavy atom. The summed E-state index contributed by atoms with van der Waals surface area (Å²) in [5, 5.41) is 10.5. The zero-order valence-electron chi connectivity index (χ0n) is 15.8. The van der Waals surface area contributed by atoms with Crippen molar-refractivity contribution >= 4 is 29.0 Å². The van der Waals surface area contributed by atoms with Gasteiger partial charge in [0, 0.05) is 31.8 Å². The number of aromatic nitrogens is 2. The van der Waals surface area contributed by atoms with Gasteiger partial charge in [0.25, 0.3) is 11.2 Å². The van der Waals surface area contributed by atoms with Crippen LogP contribution < -0.4 is 10.5 Å². The molecule has 0 saturated carbocycles. The first-order valence-electron chi connectivity index (χ1n) is 8.89. The molecular weight excluding hydrogens is 392 g/mol. The Kier molecular flexibility index (Phi) is 4.75. The number of hydrogen-bond acceptors (Lipinski definition) is 5. The first-order valence-corrected chi connectivity index (χ1v) is 9.94. The van der Waals surface area contributed by atoms with E-state index in [1.807, 2.05) is 30.3 Å². The average Bonchev–Trinajstić information content (AvgIpc) is 3.21. The Morgan fingerprint density at radius 1 is 1.00 bits per heavy atom. The molecule has 29 heavy (non-hydrogen) atoms. The second-order valence-corrected chi connectivity index (χ2v) is 7.76. The Hall–Kier alpha value is -3.33. The van der Waals surface area contributed by atoms with E-state index in [-0.39, 0.29) is 22.9 Å². The Labute approximate surface area is 170 Å². The van der Waals surface area contributed by atoms with Gasteiger partial charge in [0.1, 0.15) is 11.1 Å². The minimum Gasteiger partial charge on any atom is -0.288 e. The molecular formula is C20H18N4O4S. The van der Waals surface area contributed by atoms with Crippen LogP contribution in [0, 0.1) is 10.1 Å². The summed E-state index contributed by atoms with van der Waals surface area (Å²) in [5.41, 5.74) is 2.25. The lowest BCUT2D eigenvalue weighted by molar-refractivity contribution is -0.384. The minimum absolute atomic E-state index is 0.0183. The van der Waals surface area contributed by atoms with Crippen molar-refractivity contribution in [2.24, 2.45) is 14.1 Å². The van der Waals surface area contributed by atoms with E-state index in [0.717, 1.165) is 11.1 Å². The number of nitro benzene ring substituents is 1. The largest absolute Gasteiger partial charge is 0.291 e. The lowest BCUT2D eigenvalue weighted by Crippen LogP contribution is -2.32. The van der Waals surface area contributed by atoms with Crippen LogP contribution in [0.4, 0.5) is 11.4 Å². The van der Waals surface area contributed by atoms with Gasteiger partial charge in [0.15, 0.2) is 0 Å². The van der Waals surface area contributed by atoms with Crippen molar-refractivity contribution in [1.82, 2.24) is 9.36 Å². The van der Waals surface area contributed by atoms with Crippen LogP contribution in [0.1, 0.15) is 10.9 Å². The molecule has 1 amide bonds. The normalized spacial score (nSPS) is 16.4. The zero-order valence-corrected chi connectivity index (χ0v) is 16.6. The highest BCUT2D eigenvalue weighted by Crippen LogP contribution is 2.43. The van der Waals surface area contributed by atoms with E-state index >= 15 is 0 Å². The molecule has 2 heterocycles. The molecule has 9 heteroatoms. The van der Waals surface area contributed by atoms with Crippen LogP contribution in [0.5, 0.6) is 0 Å². The third kappa shape index (κ3) is 3.13. The molecule has 2 aromatic carbocycles. The molecule has 0 aliphatic carbocycles. The summed E-state index contributed by atoms with van der Waals surface area (Å²) in [6.45, 7) is 0. The molecule has 0 N–H and O–H groups in total. The first kappa shape index (κ1) is 19.0. The summed E-state index contributed by atoms with van der Waals surface area (Å²) in [6, 6.07) is 15.5. The van der Waals surface area contributed by atoms with Gasteiger partial charge < -0.3 is 0 Å². The monoisotopic (exact) mass is 410 g/mol. The second kappa shape index (κ2) is 7.25. The molecule has 1 fully saturated rings.